The molecule has 0 heterocycles. The molecule has 5 nitrogen and oxygen atoms in total. The lowest BCUT2D eigenvalue weighted by molar-refractivity contribution is -0.115. The molecule has 0 radical (unpaired) electrons. The first kappa shape index (κ1) is 19.6. The van der Waals surface area contributed by atoms with Crippen molar-refractivity contribution in [3.63, 3.8) is 0 Å². The molecule has 0 saturated carbocycles. The number of ketones is 1. The normalized spacial score (nSPS) is 17.5. The lowest BCUT2D eigenvalue weighted by Crippen LogP contribution is -2.38. The van der Waals surface area contributed by atoms with Crippen LogP contribution >= 0.6 is 11.6 Å². The number of carbonyl (C=O) groups is 1. The summed E-state index contributed by atoms with van der Waals surface area (Å²) >= 11 is 6.30. The molecule has 0 aliphatic heterocycles. The zero-order valence-electron chi connectivity index (χ0n) is 15.1. The second-order valence-electron chi connectivity index (χ2n) is 6.81. The topological polar surface area (TPSA) is 75.3 Å². The summed E-state index contributed by atoms with van der Waals surface area (Å²) in [6.07, 6.45) is 2.28. The molecule has 142 valence electrons. The molecule has 3 rings (SSSR count). The van der Waals surface area contributed by atoms with Gasteiger partial charge in [-0.05, 0) is 49.9 Å². The summed E-state index contributed by atoms with van der Waals surface area (Å²) in [5.74, 6) is -0.165. The monoisotopic (exact) mass is 404 g/mol. The fraction of sp³-hybridized carbons (Fsp3) is 0.250. The molecular weight excluding hydrogens is 384 g/mol. The van der Waals surface area contributed by atoms with E-state index >= 15 is 0 Å². The van der Waals surface area contributed by atoms with E-state index in [4.69, 9.17) is 11.6 Å². The Morgan fingerprint density at radius 3 is 2.37 bits per heavy atom. The van der Waals surface area contributed by atoms with Gasteiger partial charge in [0.2, 0.25) is 0 Å². The number of sulfonamides is 1. The number of aryl methyl sites for hydroxylation is 2. The first-order valence-electron chi connectivity index (χ1n) is 8.58. The second-order valence-corrected chi connectivity index (χ2v) is 8.90. The van der Waals surface area contributed by atoms with E-state index < -0.39 is 10.0 Å². The van der Waals surface area contributed by atoms with E-state index in [0.29, 0.717) is 23.6 Å². The Hall–Kier alpha value is -2.15. The lowest BCUT2D eigenvalue weighted by Gasteiger charge is -2.24. The molecule has 0 bridgehead atoms. The Morgan fingerprint density at radius 2 is 1.67 bits per heavy atom. The van der Waals surface area contributed by atoms with Crippen molar-refractivity contribution in [2.24, 2.45) is 0 Å². The third-order valence-electron chi connectivity index (χ3n) is 4.52. The van der Waals surface area contributed by atoms with E-state index in [1.165, 1.54) is 18.2 Å². The summed E-state index contributed by atoms with van der Waals surface area (Å²) in [6.45, 7) is 3.85. The van der Waals surface area contributed by atoms with Crippen LogP contribution in [0.2, 0.25) is 5.02 Å². The highest BCUT2D eigenvalue weighted by Crippen LogP contribution is 2.35. The summed E-state index contributed by atoms with van der Waals surface area (Å²) in [6, 6.07) is 12.2. The molecule has 1 atom stereocenters. The Morgan fingerprint density at radius 1 is 1.00 bits per heavy atom. The molecule has 7 heteroatoms. The number of hydrogen-bond acceptors (Lipinski definition) is 4. The summed E-state index contributed by atoms with van der Waals surface area (Å²) in [7, 11) is -3.73. The van der Waals surface area contributed by atoms with Crippen LogP contribution in [0.5, 0.6) is 0 Å². The smallest absolute Gasteiger partial charge is 0.257 e. The third-order valence-corrected chi connectivity index (χ3v) is 6.13. The maximum atomic E-state index is 12.4. The van der Waals surface area contributed by atoms with Gasteiger partial charge < -0.3 is 5.43 Å². The van der Waals surface area contributed by atoms with Crippen LogP contribution in [0.1, 0.15) is 35.4 Å². The van der Waals surface area contributed by atoms with E-state index in [9.17, 15) is 13.2 Å². The zero-order valence-corrected chi connectivity index (χ0v) is 16.7. The van der Waals surface area contributed by atoms with Crippen LogP contribution in [0.15, 0.2) is 59.1 Å². The van der Waals surface area contributed by atoms with Crippen molar-refractivity contribution in [1.29, 1.82) is 0 Å². The van der Waals surface area contributed by atoms with Gasteiger partial charge in [-0.25, -0.2) is 8.42 Å². The Kier molecular flexibility index (Phi) is 5.69. The van der Waals surface area contributed by atoms with E-state index in [-0.39, 0.29) is 16.6 Å². The zero-order chi connectivity index (χ0) is 19.6. The van der Waals surface area contributed by atoms with Gasteiger partial charge in [0.15, 0.2) is 5.78 Å². The summed E-state index contributed by atoms with van der Waals surface area (Å²) in [5, 5.41) is 0.611. The lowest BCUT2D eigenvalue weighted by atomic mass is 9.85. The summed E-state index contributed by atoms with van der Waals surface area (Å²) in [4.78, 5) is 14.7. The first-order chi connectivity index (χ1) is 12.7. The van der Waals surface area contributed by atoms with Crippen molar-refractivity contribution in [2.75, 3.05) is 0 Å². The van der Waals surface area contributed by atoms with Crippen LogP contribution in [-0.2, 0) is 14.8 Å². The van der Waals surface area contributed by atoms with E-state index in [1.807, 2.05) is 32.0 Å². The van der Waals surface area contributed by atoms with Crippen LogP contribution in [-0.4, -0.2) is 14.2 Å². The van der Waals surface area contributed by atoms with E-state index in [0.717, 1.165) is 16.7 Å². The first-order valence-corrected chi connectivity index (χ1v) is 10.4. The van der Waals surface area contributed by atoms with Crippen LogP contribution in [0.3, 0.4) is 0 Å². The number of nitrogens with one attached hydrogen (secondary N) is 2. The molecule has 0 fully saturated rings. The SMILES string of the molecule is Cc1ccc(S(=O)(=O)NNC2=CC(=O)CC(c3cc(C)ccc3Cl)C2)cc1. The van der Waals surface area contributed by atoms with Crippen LogP contribution in [0.25, 0.3) is 0 Å². The van der Waals surface area contributed by atoms with Crippen LogP contribution in [0, 0.1) is 13.8 Å². The molecule has 0 amide bonds. The molecule has 1 aliphatic rings. The van der Waals surface area contributed by atoms with Crippen molar-refractivity contribution >= 4 is 27.4 Å². The largest absolute Gasteiger partial charge is 0.312 e. The minimum atomic E-state index is -3.73. The maximum absolute atomic E-state index is 12.4. The van der Waals surface area contributed by atoms with Gasteiger partial charge in [0.25, 0.3) is 10.0 Å². The molecule has 0 aromatic heterocycles. The van der Waals surface area contributed by atoms with Crippen molar-refractivity contribution in [3.8, 4) is 0 Å². The van der Waals surface area contributed by atoms with Gasteiger partial charge in [0, 0.05) is 23.2 Å². The molecule has 2 aromatic carbocycles. The second kappa shape index (κ2) is 7.84. The van der Waals surface area contributed by atoms with Gasteiger partial charge in [0.05, 0.1) is 4.90 Å². The summed E-state index contributed by atoms with van der Waals surface area (Å²) < 4.78 is 24.8. The quantitative estimate of drug-likeness (QED) is 0.744. The predicted octanol–water partition coefficient (Wildman–Crippen LogP) is 3.77. The van der Waals surface area contributed by atoms with Gasteiger partial charge in [-0.1, -0.05) is 47.0 Å². The molecule has 1 aliphatic carbocycles. The number of rotatable bonds is 5. The number of hydrazine groups is 1. The molecule has 1 unspecified atom stereocenters. The average molecular weight is 405 g/mol. The minimum Gasteiger partial charge on any atom is -0.312 e. The molecule has 0 saturated heterocycles. The molecule has 2 aromatic rings. The van der Waals surface area contributed by atoms with Gasteiger partial charge in [-0.2, -0.15) is 0 Å². The van der Waals surface area contributed by atoms with Gasteiger partial charge in [-0.15, -0.1) is 4.83 Å². The Labute approximate surface area is 164 Å². The Bertz CT molecular complexity index is 998. The molecule has 2 N–H and O–H groups in total. The van der Waals surface area contributed by atoms with E-state index in [1.54, 1.807) is 12.1 Å². The fourth-order valence-electron chi connectivity index (χ4n) is 3.08. The highest BCUT2D eigenvalue weighted by atomic mass is 35.5. The van der Waals surface area contributed by atoms with Crippen molar-refractivity contribution in [3.05, 3.63) is 76.0 Å². The fourth-order valence-corrected chi connectivity index (χ4v) is 4.23. The van der Waals surface area contributed by atoms with Crippen LogP contribution < -0.4 is 10.3 Å². The predicted molar refractivity (Wildman–Crippen MR) is 106 cm³/mol. The third kappa shape index (κ3) is 4.77. The van der Waals surface area contributed by atoms with Crippen molar-refractivity contribution < 1.29 is 13.2 Å². The van der Waals surface area contributed by atoms with Gasteiger partial charge in [-0.3, -0.25) is 4.79 Å². The Balaban J connectivity index is 1.74. The summed E-state index contributed by atoms with van der Waals surface area (Å²) in [5.41, 5.74) is 6.15. The molecular formula is C20H21ClN2O3S. The number of carbonyl (C=O) groups excluding carboxylic acids is 1. The molecule has 27 heavy (non-hydrogen) atoms. The van der Waals surface area contributed by atoms with Crippen LogP contribution in [0.4, 0.5) is 0 Å². The highest BCUT2D eigenvalue weighted by molar-refractivity contribution is 7.89. The number of allylic oxidation sites excluding steroid dienone is 2. The standard InChI is InChI=1S/C20H21ClN2O3S/c1-13-3-6-18(7-4-13)27(25,26)23-22-16-10-15(11-17(24)12-16)19-9-14(2)5-8-20(19)21/h3-9,12,15,22-23H,10-11H2,1-2H3. The average Bonchev–Trinajstić information content (AvgIpc) is 2.62. The number of hydrogen-bond donors (Lipinski definition) is 2. The van der Waals surface area contributed by atoms with Gasteiger partial charge >= 0.3 is 0 Å². The number of halogens is 1. The minimum absolute atomic E-state index is 0.0687. The molecule has 0 spiro atoms. The van der Waals surface area contributed by atoms with E-state index in [2.05, 4.69) is 10.3 Å². The number of benzene rings is 2. The van der Waals surface area contributed by atoms with Gasteiger partial charge in [0.1, 0.15) is 0 Å². The van der Waals surface area contributed by atoms with Crippen molar-refractivity contribution in [1.82, 2.24) is 10.3 Å². The van der Waals surface area contributed by atoms with Crippen molar-refractivity contribution in [2.45, 2.75) is 37.5 Å². The maximum Gasteiger partial charge on any atom is 0.257 e. The highest BCUT2D eigenvalue weighted by Gasteiger charge is 2.25.